The van der Waals surface area contributed by atoms with Gasteiger partial charge in [0.15, 0.2) is 0 Å². The van der Waals surface area contributed by atoms with Crippen molar-refractivity contribution in [1.82, 2.24) is 4.90 Å². The highest BCUT2D eigenvalue weighted by Crippen LogP contribution is 2.49. The summed E-state index contributed by atoms with van der Waals surface area (Å²) in [6.45, 7) is 8.52. The fourth-order valence-electron chi connectivity index (χ4n) is 2.98. The van der Waals surface area contributed by atoms with Crippen molar-refractivity contribution in [1.29, 1.82) is 0 Å². The third-order valence-corrected chi connectivity index (χ3v) is 4.02. The van der Waals surface area contributed by atoms with Crippen LogP contribution in [0.5, 0.6) is 0 Å². The summed E-state index contributed by atoms with van der Waals surface area (Å²) in [6.07, 6.45) is 7.17. The first kappa shape index (κ1) is 12.0. The lowest BCUT2D eigenvalue weighted by atomic mass is 9.59. The van der Waals surface area contributed by atoms with Crippen LogP contribution in [0, 0.1) is 10.8 Å². The molecule has 0 radical (unpaired) electrons. The molecule has 0 N–H and O–H groups in total. The molecule has 1 rings (SSSR count). The normalized spacial score (nSPS) is 22.7. The Morgan fingerprint density at radius 3 is 1.86 bits per heavy atom. The minimum absolute atomic E-state index is 0.456. The van der Waals surface area contributed by atoms with E-state index in [1.54, 1.807) is 0 Å². The first-order valence-corrected chi connectivity index (χ1v) is 6.02. The predicted octanol–water partition coefficient (Wildman–Crippen LogP) is 3.54. The van der Waals surface area contributed by atoms with Crippen molar-refractivity contribution in [3.63, 3.8) is 0 Å². The molecule has 84 valence electrons. The number of rotatable bonds is 2. The van der Waals surface area contributed by atoms with E-state index >= 15 is 0 Å². The molecule has 0 aromatic carbocycles. The van der Waals surface area contributed by atoms with Gasteiger partial charge < -0.3 is 4.90 Å². The first-order valence-electron chi connectivity index (χ1n) is 6.02. The van der Waals surface area contributed by atoms with E-state index in [4.69, 9.17) is 0 Å². The molecular formula is C13H27N. The molecule has 0 saturated heterocycles. The molecule has 0 aromatic rings. The van der Waals surface area contributed by atoms with Gasteiger partial charge in [0.05, 0.1) is 0 Å². The van der Waals surface area contributed by atoms with Crippen LogP contribution in [0.2, 0.25) is 0 Å². The smallest absolute Gasteiger partial charge is 0.00369 e. The van der Waals surface area contributed by atoms with E-state index in [1.807, 2.05) is 0 Å². The number of hydrogen-bond donors (Lipinski definition) is 0. The van der Waals surface area contributed by atoms with Crippen LogP contribution in [-0.2, 0) is 0 Å². The zero-order valence-corrected chi connectivity index (χ0v) is 10.7. The minimum atomic E-state index is 0.456. The molecule has 1 nitrogen and oxygen atoms in total. The summed E-state index contributed by atoms with van der Waals surface area (Å²) in [4.78, 5) is 2.37. The molecule has 0 unspecified atom stereocenters. The molecule has 1 aliphatic carbocycles. The Bertz CT molecular complexity index is 170. The van der Waals surface area contributed by atoms with Gasteiger partial charge in [-0.1, -0.05) is 40.0 Å². The van der Waals surface area contributed by atoms with Gasteiger partial charge in [0.25, 0.3) is 0 Å². The molecule has 0 bridgehead atoms. The van der Waals surface area contributed by atoms with E-state index < -0.39 is 0 Å². The maximum Gasteiger partial charge on any atom is 0.00369 e. The van der Waals surface area contributed by atoms with E-state index in [1.165, 1.54) is 38.6 Å². The average molecular weight is 197 g/mol. The molecular weight excluding hydrogens is 170 g/mol. The van der Waals surface area contributed by atoms with Crippen molar-refractivity contribution in [2.45, 2.75) is 52.9 Å². The van der Waals surface area contributed by atoms with Gasteiger partial charge in [0, 0.05) is 6.54 Å². The Hall–Kier alpha value is -0.0400. The fraction of sp³-hybridized carbons (Fsp3) is 1.00. The zero-order chi connectivity index (χ0) is 10.8. The third kappa shape index (κ3) is 2.50. The second-order valence-electron chi connectivity index (χ2n) is 6.33. The molecule has 0 aliphatic heterocycles. The lowest BCUT2D eigenvalue weighted by molar-refractivity contribution is 0.0132. The largest absolute Gasteiger partial charge is 0.309 e. The molecule has 1 heteroatoms. The van der Waals surface area contributed by atoms with Crippen molar-refractivity contribution in [2.24, 2.45) is 10.8 Å². The number of hydrogen-bond acceptors (Lipinski definition) is 1. The van der Waals surface area contributed by atoms with Crippen LogP contribution in [0.3, 0.4) is 0 Å². The van der Waals surface area contributed by atoms with Gasteiger partial charge in [-0.25, -0.2) is 0 Å². The molecule has 0 spiro atoms. The SMILES string of the molecule is CN(C)CC1(C(C)(C)C)CCCCC1. The first-order chi connectivity index (χ1) is 6.37. The van der Waals surface area contributed by atoms with E-state index in [2.05, 4.69) is 39.8 Å². The molecule has 0 aromatic heterocycles. The van der Waals surface area contributed by atoms with Crippen LogP contribution in [0.1, 0.15) is 52.9 Å². The van der Waals surface area contributed by atoms with Crippen LogP contribution in [0.15, 0.2) is 0 Å². The molecule has 1 fully saturated rings. The molecule has 0 atom stereocenters. The standard InChI is InChI=1S/C13H27N/c1-12(2,3)13(11-14(4)5)9-7-6-8-10-13/h6-11H2,1-5H3. The Labute approximate surface area is 89.9 Å². The lowest BCUT2D eigenvalue weighted by Crippen LogP contribution is -2.45. The molecule has 0 heterocycles. The van der Waals surface area contributed by atoms with Crippen molar-refractivity contribution in [3.8, 4) is 0 Å². The van der Waals surface area contributed by atoms with Crippen LogP contribution in [-0.4, -0.2) is 25.5 Å². The summed E-state index contributed by atoms with van der Waals surface area (Å²) in [5.74, 6) is 0. The fourth-order valence-corrected chi connectivity index (χ4v) is 2.98. The van der Waals surface area contributed by atoms with Crippen LogP contribution in [0.4, 0.5) is 0 Å². The summed E-state index contributed by atoms with van der Waals surface area (Å²) in [5.41, 5.74) is 1.02. The lowest BCUT2D eigenvalue weighted by Gasteiger charge is -2.49. The summed E-state index contributed by atoms with van der Waals surface area (Å²) in [6, 6.07) is 0. The Morgan fingerprint density at radius 2 is 1.50 bits per heavy atom. The predicted molar refractivity (Wildman–Crippen MR) is 63.5 cm³/mol. The minimum Gasteiger partial charge on any atom is -0.309 e. The van der Waals surface area contributed by atoms with Gasteiger partial charge >= 0.3 is 0 Å². The highest BCUT2D eigenvalue weighted by Gasteiger charge is 2.42. The van der Waals surface area contributed by atoms with Crippen molar-refractivity contribution >= 4 is 0 Å². The molecule has 1 saturated carbocycles. The van der Waals surface area contributed by atoms with E-state index in [9.17, 15) is 0 Å². The molecule has 1 aliphatic rings. The summed E-state index contributed by atoms with van der Waals surface area (Å²) in [7, 11) is 4.42. The van der Waals surface area contributed by atoms with Crippen LogP contribution >= 0.6 is 0 Å². The van der Waals surface area contributed by atoms with Gasteiger partial charge in [-0.2, -0.15) is 0 Å². The van der Waals surface area contributed by atoms with Crippen LogP contribution < -0.4 is 0 Å². The highest BCUT2D eigenvalue weighted by atomic mass is 15.1. The topological polar surface area (TPSA) is 3.24 Å². The Balaban J connectivity index is 2.77. The Kier molecular flexibility index (Phi) is 3.63. The van der Waals surface area contributed by atoms with Gasteiger partial charge in [-0.15, -0.1) is 0 Å². The van der Waals surface area contributed by atoms with Crippen molar-refractivity contribution < 1.29 is 0 Å². The third-order valence-electron chi connectivity index (χ3n) is 4.02. The number of nitrogens with zero attached hydrogens (tertiary/aromatic N) is 1. The quantitative estimate of drug-likeness (QED) is 0.654. The van der Waals surface area contributed by atoms with E-state index in [-0.39, 0.29) is 0 Å². The van der Waals surface area contributed by atoms with Crippen molar-refractivity contribution in [2.75, 3.05) is 20.6 Å². The second-order valence-corrected chi connectivity index (χ2v) is 6.33. The van der Waals surface area contributed by atoms with Crippen molar-refractivity contribution in [3.05, 3.63) is 0 Å². The van der Waals surface area contributed by atoms with E-state index in [0.717, 1.165) is 0 Å². The maximum atomic E-state index is 2.42. The maximum absolute atomic E-state index is 2.42. The average Bonchev–Trinajstić information content (AvgIpc) is 2.02. The van der Waals surface area contributed by atoms with Crippen LogP contribution in [0.25, 0.3) is 0 Å². The van der Waals surface area contributed by atoms with Gasteiger partial charge in [0.2, 0.25) is 0 Å². The zero-order valence-electron chi connectivity index (χ0n) is 10.7. The molecule has 0 amide bonds. The molecule has 14 heavy (non-hydrogen) atoms. The summed E-state index contributed by atoms with van der Waals surface area (Å²) < 4.78 is 0. The van der Waals surface area contributed by atoms with Gasteiger partial charge in [-0.3, -0.25) is 0 Å². The monoisotopic (exact) mass is 197 g/mol. The van der Waals surface area contributed by atoms with Gasteiger partial charge in [-0.05, 0) is 37.8 Å². The second kappa shape index (κ2) is 4.22. The Morgan fingerprint density at radius 1 is 1.00 bits per heavy atom. The summed E-state index contributed by atoms with van der Waals surface area (Å²) in [5, 5.41) is 0. The summed E-state index contributed by atoms with van der Waals surface area (Å²) >= 11 is 0. The van der Waals surface area contributed by atoms with Gasteiger partial charge in [0.1, 0.15) is 0 Å². The highest BCUT2D eigenvalue weighted by molar-refractivity contribution is 4.93. The van der Waals surface area contributed by atoms with E-state index in [0.29, 0.717) is 10.8 Å².